The first-order chi connectivity index (χ1) is 3.46. The van der Waals surface area contributed by atoms with Crippen LogP contribution >= 0.6 is 0 Å². The summed E-state index contributed by atoms with van der Waals surface area (Å²) in [5.74, 6) is 0.333. The molecular formula is C6H14O3. The fourth-order valence-electron chi connectivity index (χ4n) is 0. The molecule has 3 heteroatoms. The van der Waals surface area contributed by atoms with Crippen LogP contribution in [0.5, 0.6) is 0 Å². The SMILES string of the molecule is CC(C)=O.CC(C)=O.O. The lowest BCUT2D eigenvalue weighted by Crippen LogP contribution is -1.69. The first kappa shape index (κ1) is 15.7. The topological polar surface area (TPSA) is 65.6 Å². The third-order valence-electron chi connectivity index (χ3n) is 0. The summed E-state index contributed by atoms with van der Waals surface area (Å²) in [6.45, 7) is 6.11. The van der Waals surface area contributed by atoms with E-state index >= 15 is 0 Å². The van der Waals surface area contributed by atoms with E-state index in [1.807, 2.05) is 0 Å². The van der Waals surface area contributed by atoms with E-state index in [0.29, 0.717) is 0 Å². The Morgan fingerprint density at radius 1 is 0.778 bits per heavy atom. The Morgan fingerprint density at radius 2 is 0.778 bits per heavy atom. The Kier molecular flexibility index (Phi) is 18.0. The number of hydrogen-bond donors (Lipinski definition) is 0. The molecule has 3 nitrogen and oxygen atoms in total. The van der Waals surface area contributed by atoms with E-state index in [1.165, 1.54) is 27.7 Å². The number of carbonyl (C=O) groups excluding carboxylic acids is 2. The van der Waals surface area contributed by atoms with Gasteiger partial charge in [-0.15, -0.1) is 0 Å². The zero-order chi connectivity index (χ0) is 7.15. The molecular weight excluding hydrogens is 120 g/mol. The molecule has 0 fully saturated rings. The summed E-state index contributed by atoms with van der Waals surface area (Å²) < 4.78 is 0. The third kappa shape index (κ3) is 418. The Hall–Kier alpha value is -0.700. The Labute approximate surface area is 55.4 Å². The third-order valence-corrected chi connectivity index (χ3v) is 0. The first-order valence-electron chi connectivity index (χ1n) is 2.41. The summed E-state index contributed by atoms with van der Waals surface area (Å²) in [5.41, 5.74) is 0. The summed E-state index contributed by atoms with van der Waals surface area (Å²) in [6, 6.07) is 0. The van der Waals surface area contributed by atoms with Gasteiger partial charge in [0.05, 0.1) is 0 Å². The molecule has 0 rings (SSSR count). The van der Waals surface area contributed by atoms with Crippen LogP contribution in [0, 0.1) is 0 Å². The molecule has 0 heterocycles. The molecule has 0 aliphatic heterocycles. The van der Waals surface area contributed by atoms with Gasteiger partial charge in [0.2, 0.25) is 0 Å². The standard InChI is InChI=1S/2C3H6O.H2O/c2*1-3(2)4;/h2*1-2H3;1H2. The van der Waals surface area contributed by atoms with Gasteiger partial charge in [-0.2, -0.15) is 0 Å². The van der Waals surface area contributed by atoms with E-state index in [9.17, 15) is 9.59 Å². The van der Waals surface area contributed by atoms with E-state index in [4.69, 9.17) is 0 Å². The minimum atomic E-state index is 0. The van der Waals surface area contributed by atoms with Crippen molar-refractivity contribution in [2.24, 2.45) is 0 Å². The second kappa shape index (κ2) is 10.3. The molecule has 2 N–H and O–H groups in total. The number of rotatable bonds is 0. The summed E-state index contributed by atoms with van der Waals surface area (Å²) in [6.07, 6.45) is 0. The van der Waals surface area contributed by atoms with Crippen molar-refractivity contribution >= 4 is 11.6 Å². The molecule has 0 saturated carbocycles. The maximum absolute atomic E-state index is 9.44. The van der Waals surface area contributed by atoms with Crippen LogP contribution in [0.4, 0.5) is 0 Å². The fourth-order valence-corrected chi connectivity index (χ4v) is 0. The Bertz CT molecular complexity index is 66.3. The zero-order valence-corrected chi connectivity index (χ0v) is 6.32. The average molecular weight is 134 g/mol. The number of Topliss-reactive ketones (excluding diaryl/α,β-unsaturated/α-hetero) is 2. The lowest BCUT2D eigenvalue weighted by Gasteiger charge is -1.56. The number of ketones is 2. The largest absolute Gasteiger partial charge is 0.412 e. The van der Waals surface area contributed by atoms with Gasteiger partial charge >= 0.3 is 0 Å². The van der Waals surface area contributed by atoms with Gasteiger partial charge in [0.1, 0.15) is 11.6 Å². The van der Waals surface area contributed by atoms with Gasteiger partial charge in [-0.1, -0.05) is 0 Å². The highest BCUT2D eigenvalue weighted by Crippen LogP contribution is 1.50. The summed E-state index contributed by atoms with van der Waals surface area (Å²) in [7, 11) is 0. The van der Waals surface area contributed by atoms with E-state index in [2.05, 4.69) is 0 Å². The van der Waals surface area contributed by atoms with Crippen molar-refractivity contribution in [3.05, 3.63) is 0 Å². The van der Waals surface area contributed by atoms with Gasteiger partial charge in [-0.05, 0) is 27.7 Å². The monoisotopic (exact) mass is 134 g/mol. The smallest absolute Gasteiger partial charge is 0.126 e. The van der Waals surface area contributed by atoms with E-state index < -0.39 is 0 Å². The van der Waals surface area contributed by atoms with Crippen molar-refractivity contribution in [1.29, 1.82) is 0 Å². The molecule has 0 aromatic rings. The zero-order valence-electron chi connectivity index (χ0n) is 6.32. The second-order valence-corrected chi connectivity index (χ2v) is 1.82. The number of carbonyl (C=O) groups is 2. The molecule has 0 radical (unpaired) electrons. The van der Waals surface area contributed by atoms with Crippen LogP contribution in [0.25, 0.3) is 0 Å². The van der Waals surface area contributed by atoms with Crippen LogP contribution in [-0.2, 0) is 9.59 Å². The molecule has 0 unspecified atom stereocenters. The van der Waals surface area contributed by atoms with E-state index in [1.54, 1.807) is 0 Å². The van der Waals surface area contributed by atoms with Crippen LogP contribution in [0.2, 0.25) is 0 Å². The maximum Gasteiger partial charge on any atom is 0.126 e. The highest BCUT2D eigenvalue weighted by Gasteiger charge is 1.62. The minimum absolute atomic E-state index is 0. The van der Waals surface area contributed by atoms with E-state index in [0.717, 1.165) is 0 Å². The predicted molar refractivity (Wildman–Crippen MR) is 36.3 cm³/mol. The average Bonchev–Trinajstić information content (AvgIpc) is 1.25. The summed E-state index contributed by atoms with van der Waals surface area (Å²) in [4.78, 5) is 18.9. The molecule has 0 saturated heterocycles. The van der Waals surface area contributed by atoms with Crippen molar-refractivity contribution < 1.29 is 15.1 Å². The molecule has 56 valence electrons. The van der Waals surface area contributed by atoms with Crippen molar-refractivity contribution in [1.82, 2.24) is 0 Å². The van der Waals surface area contributed by atoms with Gasteiger partial charge < -0.3 is 15.1 Å². The Morgan fingerprint density at radius 3 is 0.778 bits per heavy atom. The first-order valence-corrected chi connectivity index (χ1v) is 2.41. The highest BCUT2D eigenvalue weighted by atomic mass is 16.1. The fraction of sp³-hybridized carbons (Fsp3) is 0.667. The normalized spacial score (nSPS) is 5.78. The van der Waals surface area contributed by atoms with Crippen LogP contribution in [0.1, 0.15) is 27.7 Å². The Balaban J connectivity index is -0.0000000720. The lowest BCUT2D eigenvalue weighted by molar-refractivity contribution is -0.115. The van der Waals surface area contributed by atoms with Crippen molar-refractivity contribution in [2.45, 2.75) is 27.7 Å². The molecule has 0 spiro atoms. The minimum Gasteiger partial charge on any atom is -0.412 e. The molecule has 9 heavy (non-hydrogen) atoms. The predicted octanol–water partition coefficient (Wildman–Crippen LogP) is 0.366. The molecule has 0 aliphatic rings. The van der Waals surface area contributed by atoms with Crippen molar-refractivity contribution in [3.63, 3.8) is 0 Å². The van der Waals surface area contributed by atoms with Gasteiger partial charge in [0.25, 0.3) is 0 Å². The second-order valence-electron chi connectivity index (χ2n) is 1.82. The van der Waals surface area contributed by atoms with Gasteiger partial charge in [-0.25, -0.2) is 0 Å². The molecule has 0 amide bonds. The lowest BCUT2D eigenvalue weighted by atomic mass is 10.6. The summed E-state index contributed by atoms with van der Waals surface area (Å²) >= 11 is 0. The van der Waals surface area contributed by atoms with Crippen molar-refractivity contribution in [3.8, 4) is 0 Å². The number of hydrogen-bond acceptors (Lipinski definition) is 2. The molecule has 0 bridgehead atoms. The van der Waals surface area contributed by atoms with Crippen molar-refractivity contribution in [2.75, 3.05) is 0 Å². The van der Waals surface area contributed by atoms with E-state index in [-0.39, 0.29) is 17.0 Å². The summed E-state index contributed by atoms with van der Waals surface area (Å²) in [5, 5.41) is 0. The van der Waals surface area contributed by atoms with Gasteiger partial charge in [-0.3, -0.25) is 0 Å². The molecule has 0 atom stereocenters. The van der Waals surface area contributed by atoms with Gasteiger partial charge in [0, 0.05) is 0 Å². The maximum atomic E-state index is 9.44. The van der Waals surface area contributed by atoms with Crippen LogP contribution in [-0.4, -0.2) is 17.0 Å². The van der Waals surface area contributed by atoms with Crippen LogP contribution in [0.3, 0.4) is 0 Å². The molecule has 0 aliphatic carbocycles. The quantitative estimate of drug-likeness (QED) is 0.480. The van der Waals surface area contributed by atoms with Gasteiger partial charge in [0.15, 0.2) is 0 Å². The molecule has 0 aromatic heterocycles. The molecule has 0 aromatic carbocycles. The van der Waals surface area contributed by atoms with Crippen LogP contribution in [0.15, 0.2) is 0 Å². The highest BCUT2D eigenvalue weighted by molar-refractivity contribution is 5.72. The van der Waals surface area contributed by atoms with Crippen LogP contribution < -0.4 is 0 Å².